The van der Waals surface area contributed by atoms with Gasteiger partial charge in [0, 0.05) is 17.1 Å². The standard InChI is InChI=1S/C14H9ClFNO2/c15-10-3-1-2-8-6-12(19-14(8)10)13(18)9-4-5-17-7-11(9)16/h1-7,13,18H. The molecule has 0 bridgehead atoms. The van der Waals surface area contributed by atoms with Gasteiger partial charge in [-0.2, -0.15) is 0 Å². The third kappa shape index (κ3) is 2.09. The Bertz CT molecular complexity index is 741. The lowest BCUT2D eigenvalue weighted by molar-refractivity contribution is 0.187. The summed E-state index contributed by atoms with van der Waals surface area (Å²) in [6.45, 7) is 0. The van der Waals surface area contributed by atoms with E-state index >= 15 is 0 Å². The van der Waals surface area contributed by atoms with Gasteiger partial charge in [-0.25, -0.2) is 4.39 Å². The monoisotopic (exact) mass is 277 g/mol. The van der Waals surface area contributed by atoms with E-state index in [0.717, 1.165) is 11.6 Å². The highest BCUT2D eigenvalue weighted by Gasteiger charge is 2.19. The molecule has 3 nitrogen and oxygen atoms in total. The Morgan fingerprint density at radius 3 is 2.89 bits per heavy atom. The number of nitrogens with zero attached hydrogens (tertiary/aromatic N) is 1. The normalized spacial score (nSPS) is 12.8. The van der Waals surface area contributed by atoms with Crippen molar-refractivity contribution in [3.05, 3.63) is 64.9 Å². The molecule has 0 radical (unpaired) electrons. The number of para-hydroxylation sites is 1. The smallest absolute Gasteiger partial charge is 0.153 e. The first kappa shape index (κ1) is 12.1. The van der Waals surface area contributed by atoms with Gasteiger partial charge in [-0.1, -0.05) is 23.7 Å². The zero-order valence-electron chi connectivity index (χ0n) is 9.68. The molecule has 2 aromatic heterocycles. The average Bonchev–Trinajstić information content (AvgIpc) is 2.84. The number of fused-ring (bicyclic) bond motifs is 1. The van der Waals surface area contributed by atoms with Crippen LogP contribution in [0.25, 0.3) is 11.0 Å². The Morgan fingerprint density at radius 2 is 2.16 bits per heavy atom. The molecule has 5 heteroatoms. The van der Waals surface area contributed by atoms with E-state index in [1.807, 2.05) is 6.07 Å². The van der Waals surface area contributed by atoms with Crippen molar-refractivity contribution < 1.29 is 13.9 Å². The quantitative estimate of drug-likeness (QED) is 0.777. The first-order valence-corrected chi connectivity index (χ1v) is 6.00. The number of aromatic nitrogens is 1. The molecule has 2 heterocycles. The summed E-state index contributed by atoms with van der Waals surface area (Å²) in [6, 6.07) is 8.34. The molecule has 0 spiro atoms. The van der Waals surface area contributed by atoms with Crippen molar-refractivity contribution in [1.29, 1.82) is 0 Å². The Labute approximate surface area is 113 Å². The van der Waals surface area contributed by atoms with E-state index < -0.39 is 11.9 Å². The van der Waals surface area contributed by atoms with Crippen molar-refractivity contribution in [3.63, 3.8) is 0 Å². The number of aliphatic hydroxyl groups is 1. The highest BCUT2D eigenvalue weighted by Crippen LogP contribution is 2.32. The van der Waals surface area contributed by atoms with E-state index in [2.05, 4.69) is 4.98 Å². The number of hydrogen-bond donors (Lipinski definition) is 1. The number of halogens is 2. The second kappa shape index (κ2) is 4.64. The van der Waals surface area contributed by atoms with Crippen LogP contribution in [0.4, 0.5) is 4.39 Å². The Morgan fingerprint density at radius 1 is 1.32 bits per heavy atom. The summed E-state index contributed by atoms with van der Waals surface area (Å²) >= 11 is 5.99. The van der Waals surface area contributed by atoms with Crippen molar-refractivity contribution in [2.24, 2.45) is 0 Å². The van der Waals surface area contributed by atoms with Crippen LogP contribution in [0.5, 0.6) is 0 Å². The van der Waals surface area contributed by atoms with Crippen LogP contribution >= 0.6 is 11.6 Å². The topological polar surface area (TPSA) is 46.3 Å². The van der Waals surface area contributed by atoms with Gasteiger partial charge in [0.05, 0.1) is 11.2 Å². The maximum atomic E-state index is 13.6. The van der Waals surface area contributed by atoms with Gasteiger partial charge in [0.1, 0.15) is 17.7 Å². The Kier molecular flexibility index (Phi) is 2.97. The molecule has 0 aliphatic heterocycles. The van der Waals surface area contributed by atoms with Gasteiger partial charge in [0.15, 0.2) is 5.58 Å². The van der Waals surface area contributed by atoms with Gasteiger partial charge in [0.2, 0.25) is 0 Å². The highest BCUT2D eigenvalue weighted by atomic mass is 35.5. The van der Waals surface area contributed by atoms with E-state index in [9.17, 15) is 9.50 Å². The summed E-state index contributed by atoms with van der Waals surface area (Å²) in [5.74, 6) is -0.338. The zero-order valence-corrected chi connectivity index (χ0v) is 10.4. The lowest BCUT2D eigenvalue weighted by Crippen LogP contribution is -2.01. The first-order chi connectivity index (χ1) is 9.16. The average molecular weight is 278 g/mol. The van der Waals surface area contributed by atoms with Crippen LogP contribution in [-0.2, 0) is 0 Å². The van der Waals surface area contributed by atoms with Crippen molar-refractivity contribution >= 4 is 22.6 Å². The molecule has 96 valence electrons. The predicted molar refractivity (Wildman–Crippen MR) is 69.5 cm³/mol. The summed E-state index contributed by atoms with van der Waals surface area (Å²) in [5.41, 5.74) is 0.595. The molecular formula is C14H9ClFNO2. The van der Waals surface area contributed by atoms with Gasteiger partial charge in [-0.05, 0) is 18.2 Å². The number of furan rings is 1. The number of benzene rings is 1. The fourth-order valence-electron chi connectivity index (χ4n) is 1.94. The van der Waals surface area contributed by atoms with Crippen molar-refractivity contribution in [2.45, 2.75) is 6.10 Å². The van der Waals surface area contributed by atoms with Crippen LogP contribution in [0, 0.1) is 5.82 Å². The van der Waals surface area contributed by atoms with Crippen LogP contribution in [0.15, 0.2) is 47.1 Å². The van der Waals surface area contributed by atoms with Gasteiger partial charge in [-0.3, -0.25) is 4.98 Å². The second-order valence-electron chi connectivity index (χ2n) is 4.11. The third-order valence-electron chi connectivity index (χ3n) is 2.88. The maximum absolute atomic E-state index is 13.6. The molecule has 0 saturated heterocycles. The minimum absolute atomic E-state index is 0.116. The Hall–Kier alpha value is -1.91. The molecule has 1 atom stereocenters. The van der Waals surface area contributed by atoms with Crippen LogP contribution < -0.4 is 0 Å². The third-order valence-corrected chi connectivity index (χ3v) is 3.18. The van der Waals surface area contributed by atoms with Crippen LogP contribution in [0.3, 0.4) is 0 Å². The SMILES string of the molecule is OC(c1cc2cccc(Cl)c2o1)c1ccncc1F. The summed E-state index contributed by atoms with van der Waals surface area (Å²) in [5, 5.41) is 11.4. The molecule has 1 aromatic carbocycles. The predicted octanol–water partition coefficient (Wildman–Crippen LogP) is 3.70. The van der Waals surface area contributed by atoms with E-state index in [4.69, 9.17) is 16.0 Å². The van der Waals surface area contributed by atoms with E-state index in [1.165, 1.54) is 12.3 Å². The first-order valence-electron chi connectivity index (χ1n) is 5.62. The summed E-state index contributed by atoms with van der Waals surface area (Å²) in [4.78, 5) is 3.64. The fraction of sp³-hybridized carbons (Fsp3) is 0.0714. The largest absolute Gasteiger partial charge is 0.456 e. The summed E-state index contributed by atoms with van der Waals surface area (Å²) in [6.07, 6.45) is 1.28. The molecule has 1 unspecified atom stereocenters. The lowest BCUT2D eigenvalue weighted by Gasteiger charge is -2.08. The molecule has 0 amide bonds. The number of aliphatic hydroxyl groups excluding tert-OH is 1. The maximum Gasteiger partial charge on any atom is 0.153 e. The van der Waals surface area contributed by atoms with Gasteiger partial charge < -0.3 is 9.52 Å². The lowest BCUT2D eigenvalue weighted by atomic mass is 10.1. The van der Waals surface area contributed by atoms with Gasteiger partial charge in [0.25, 0.3) is 0 Å². The van der Waals surface area contributed by atoms with E-state index in [1.54, 1.807) is 18.2 Å². The van der Waals surface area contributed by atoms with E-state index in [0.29, 0.717) is 10.6 Å². The molecule has 3 aromatic rings. The second-order valence-corrected chi connectivity index (χ2v) is 4.51. The molecule has 0 fully saturated rings. The van der Waals surface area contributed by atoms with Gasteiger partial charge >= 0.3 is 0 Å². The van der Waals surface area contributed by atoms with Crippen molar-refractivity contribution in [3.8, 4) is 0 Å². The molecule has 19 heavy (non-hydrogen) atoms. The van der Waals surface area contributed by atoms with E-state index in [-0.39, 0.29) is 11.3 Å². The molecule has 1 N–H and O–H groups in total. The summed E-state index contributed by atoms with van der Waals surface area (Å²) in [7, 11) is 0. The number of hydrogen-bond acceptors (Lipinski definition) is 3. The van der Waals surface area contributed by atoms with Gasteiger partial charge in [-0.15, -0.1) is 0 Å². The molecular weight excluding hydrogens is 269 g/mol. The number of rotatable bonds is 2. The molecule has 0 saturated carbocycles. The Balaban J connectivity index is 2.10. The summed E-state index contributed by atoms with van der Waals surface area (Å²) < 4.78 is 19.1. The van der Waals surface area contributed by atoms with Crippen LogP contribution in [-0.4, -0.2) is 10.1 Å². The highest BCUT2D eigenvalue weighted by molar-refractivity contribution is 6.34. The van der Waals surface area contributed by atoms with Crippen LogP contribution in [0.1, 0.15) is 17.4 Å². The molecule has 0 aliphatic rings. The minimum atomic E-state index is -1.19. The minimum Gasteiger partial charge on any atom is -0.456 e. The molecule has 0 aliphatic carbocycles. The molecule has 3 rings (SSSR count). The number of pyridine rings is 1. The van der Waals surface area contributed by atoms with Crippen molar-refractivity contribution in [2.75, 3.05) is 0 Å². The fourth-order valence-corrected chi connectivity index (χ4v) is 2.16. The van der Waals surface area contributed by atoms with Crippen molar-refractivity contribution in [1.82, 2.24) is 4.98 Å². The van der Waals surface area contributed by atoms with Crippen LogP contribution in [0.2, 0.25) is 5.02 Å². The zero-order chi connectivity index (χ0) is 13.4.